The van der Waals surface area contributed by atoms with Crippen molar-refractivity contribution >= 4 is 11.8 Å². The fourth-order valence-corrected chi connectivity index (χ4v) is 1.00. The van der Waals surface area contributed by atoms with Crippen LogP contribution in [0.25, 0.3) is 0 Å². The Bertz CT molecular complexity index is 429. The van der Waals surface area contributed by atoms with E-state index in [1.165, 1.54) is 6.07 Å². The Kier molecular flexibility index (Phi) is 4.24. The van der Waals surface area contributed by atoms with Crippen LogP contribution in [-0.2, 0) is 4.74 Å². The molecule has 1 rings (SSSR count). The summed E-state index contributed by atoms with van der Waals surface area (Å²) in [5, 5.41) is 19.4. The first kappa shape index (κ1) is 11.9. The van der Waals surface area contributed by atoms with E-state index in [-0.39, 0.29) is 24.5 Å². The molecule has 0 atom stereocenters. The van der Waals surface area contributed by atoms with Gasteiger partial charge in [0.1, 0.15) is 18.5 Å². The monoisotopic (exact) mass is 224 g/mol. The number of nitrogens with zero attached hydrogens (tertiary/aromatic N) is 1. The number of nitrogens with one attached hydrogen (secondary N) is 1. The van der Waals surface area contributed by atoms with Gasteiger partial charge in [0.2, 0.25) is 0 Å². The molecule has 0 saturated carbocycles. The molecule has 16 heavy (non-hydrogen) atoms. The van der Waals surface area contributed by atoms with Crippen LogP contribution in [0.3, 0.4) is 0 Å². The summed E-state index contributed by atoms with van der Waals surface area (Å²) in [5.74, 6) is -0.564. The smallest absolute Gasteiger partial charge is 0.411 e. The van der Waals surface area contributed by atoms with Crippen LogP contribution in [0.2, 0.25) is 0 Å². The molecule has 0 radical (unpaired) electrons. The number of rotatable bonds is 3. The van der Waals surface area contributed by atoms with Gasteiger partial charge in [0.05, 0.1) is 17.9 Å². The largest absolute Gasteiger partial charge is 0.447 e. The highest BCUT2D eigenvalue weighted by Crippen LogP contribution is 2.15. The summed E-state index contributed by atoms with van der Waals surface area (Å²) >= 11 is 0. The predicted molar refractivity (Wildman–Crippen MR) is 53.2 cm³/mol. The second-order valence-electron chi connectivity index (χ2n) is 2.79. The summed E-state index contributed by atoms with van der Waals surface area (Å²) in [6.45, 7) is -0.434. The van der Waals surface area contributed by atoms with E-state index in [4.69, 9.17) is 10.4 Å². The van der Waals surface area contributed by atoms with Crippen LogP contribution in [0.5, 0.6) is 0 Å². The van der Waals surface area contributed by atoms with Crippen LogP contribution in [0, 0.1) is 17.1 Å². The zero-order valence-corrected chi connectivity index (χ0v) is 8.24. The van der Waals surface area contributed by atoms with Crippen molar-refractivity contribution in [2.45, 2.75) is 0 Å². The molecule has 0 unspecified atom stereocenters. The van der Waals surface area contributed by atoms with Gasteiger partial charge in [-0.1, -0.05) is 0 Å². The van der Waals surface area contributed by atoms with Crippen molar-refractivity contribution in [3.8, 4) is 6.07 Å². The Hall–Kier alpha value is -2.13. The zero-order chi connectivity index (χ0) is 12.0. The number of nitriles is 1. The number of amides is 1. The van der Waals surface area contributed by atoms with E-state index in [1.54, 1.807) is 6.07 Å². The number of carbonyl (C=O) groups is 1. The van der Waals surface area contributed by atoms with Gasteiger partial charge in [0.15, 0.2) is 0 Å². The van der Waals surface area contributed by atoms with E-state index in [0.29, 0.717) is 0 Å². The SMILES string of the molecule is N#Cc1cc(F)ccc1NC(=O)OCCO. The zero-order valence-electron chi connectivity index (χ0n) is 8.24. The Morgan fingerprint density at radius 1 is 1.62 bits per heavy atom. The average molecular weight is 224 g/mol. The van der Waals surface area contributed by atoms with Gasteiger partial charge < -0.3 is 9.84 Å². The summed E-state index contributed by atoms with van der Waals surface area (Å²) in [6, 6.07) is 5.11. The van der Waals surface area contributed by atoms with E-state index in [2.05, 4.69) is 10.1 Å². The second kappa shape index (κ2) is 5.68. The third-order valence-electron chi connectivity index (χ3n) is 1.66. The minimum absolute atomic E-state index is 0.000878. The molecule has 6 heteroatoms. The Morgan fingerprint density at radius 3 is 3.00 bits per heavy atom. The molecule has 0 aliphatic heterocycles. The highest BCUT2D eigenvalue weighted by atomic mass is 19.1. The first-order chi connectivity index (χ1) is 7.67. The topological polar surface area (TPSA) is 82.4 Å². The summed E-state index contributed by atoms with van der Waals surface area (Å²) in [6.07, 6.45) is -0.808. The van der Waals surface area contributed by atoms with Crippen molar-refractivity contribution < 1.29 is 19.0 Å². The summed E-state index contributed by atoms with van der Waals surface area (Å²) in [5.41, 5.74) is 0.160. The van der Waals surface area contributed by atoms with E-state index in [9.17, 15) is 9.18 Å². The van der Waals surface area contributed by atoms with Crippen LogP contribution in [0.4, 0.5) is 14.9 Å². The molecule has 1 aromatic carbocycles. The minimum atomic E-state index is -0.808. The number of hydrogen-bond donors (Lipinski definition) is 2. The maximum Gasteiger partial charge on any atom is 0.411 e. The molecule has 2 N–H and O–H groups in total. The van der Waals surface area contributed by atoms with Crippen LogP contribution >= 0.6 is 0 Å². The van der Waals surface area contributed by atoms with Gasteiger partial charge in [0, 0.05) is 0 Å². The average Bonchev–Trinajstić information content (AvgIpc) is 2.28. The van der Waals surface area contributed by atoms with Crippen LogP contribution in [-0.4, -0.2) is 24.4 Å². The van der Waals surface area contributed by atoms with Crippen molar-refractivity contribution in [1.82, 2.24) is 0 Å². The fourth-order valence-electron chi connectivity index (χ4n) is 1.00. The highest BCUT2D eigenvalue weighted by molar-refractivity contribution is 5.86. The van der Waals surface area contributed by atoms with Crippen molar-refractivity contribution in [1.29, 1.82) is 5.26 Å². The molecule has 0 aliphatic carbocycles. The van der Waals surface area contributed by atoms with Gasteiger partial charge >= 0.3 is 6.09 Å². The normalized spacial score (nSPS) is 9.31. The van der Waals surface area contributed by atoms with Crippen molar-refractivity contribution in [3.05, 3.63) is 29.6 Å². The van der Waals surface area contributed by atoms with E-state index >= 15 is 0 Å². The third kappa shape index (κ3) is 3.22. The molecule has 84 valence electrons. The van der Waals surface area contributed by atoms with Crippen LogP contribution in [0.1, 0.15) is 5.56 Å². The van der Waals surface area contributed by atoms with Crippen molar-refractivity contribution in [3.63, 3.8) is 0 Å². The maximum atomic E-state index is 12.7. The quantitative estimate of drug-likeness (QED) is 0.809. The Labute approximate surface area is 91.1 Å². The van der Waals surface area contributed by atoms with Gasteiger partial charge in [-0.05, 0) is 18.2 Å². The number of anilines is 1. The van der Waals surface area contributed by atoms with Gasteiger partial charge in [-0.2, -0.15) is 5.26 Å². The van der Waals surface area contributed by atoms with Gasteiger partial charge in [0.25, 0.3) is 0 Å². The molecule has 1 aromatic rings. The van der Waals surface area contributed by atoms with Crippen molar-refractivity contribution in [2.75, 3.05) is 18.5 Å². The molecule has 1 amide bonds. The molecule has 0 spiro atoms. The fraction of sp³-hybridized carbons (Fsp3) is 0.200. The Morgan fingerprint density at radius 2 is 2.38 bits per heavy atom. The Balaban J connectivity index is 2.74. The van der Waals surface area contributed by atoms with Gasteiger partial charge in [-0.3, -0.25) is 5.32 Å². The minimum Gasteiger partial charge on any atom is -0.447 e. The summed E-state index contributed by atoms with van der Waals surface area (Å²) in [4.78, 5) is 11.1. The van der Waals surface area contributed by atoms with Crippen LogP contribution in [0.15, 0.2) is 18.2 Å². The molecular formula is C10H9FN2O3. The number of hydrogen-bond acceptors (Lipinski definition) is 4. The van der Waals surface area contributed by atoms with Gasteiger partial charge in [-0.25, -0.2) is 9.18 Å². The lowest BCUT2D eigenvalue weighted by atomic mass is 10.2. The molecule has 0 fully saturated rings. The third-order valence-corrected chi connectivity index (χ3v) is 1.66. The number of aliphatic hydroxyl groups excluding tert-OH is 1. The lowest BCUT2D eigenvalue weighted by molar-refractivity contribution is 0.131. The molecular weight excluding hydrogens is 215 g/mol. The lowest BCUT2D eigenvalue weighted by Gasteiger charge is -2.06. The standard InChI is InChI=1S/C10H9FN2O3/c11-8-1-2-9(7(5-8)6-12)13-10(15)16-4-3-14/h1-2,5,14H,3-4H2,(H,13,15). The van der Waals surface area contributed by atoms with Crippen LogP contribution < -0.4 is 5.32 Å². The molecule has 0 heterocycles. The second-order valence-corrected chi connectivity index (χ2v) is 2.79. The molecule has 5 nitrogen and oxygen atoms in total. The first-order valence-corrected chi connectivity index (χ1v) is 4.41. The maximum absolute atomic E-state index is 12.7. The first-order valence-electron chi connectivity index (χ1n) is 4.41. The molecule has 0 saturated heterocycles. The highest BCUT2D eigenvalue weighted by Gasteiger charge is 2.08. The number of carbonyl (C=O) groups excluding carboxylic acids is 1. The molecule has 0 aliphatic rings. The predicted octanol–water partition coefficient (Wildman–Crippen LogP) is 1.24. The van der Waals surface area contributed by atoms with E-state index < -0.39 is 11.9 Å². The van der Waals surface area contributed by atoms with Gasteiger partial charge in [-0.15, -0.1) is 0 Å². The van der Waals surface area contributed by atoms with Crippen molar-refractivity contribution in [2.24, 2.45) is 0 Å². The number of halogens is 1. The number of ether oxygens (including phenoxy) is 1. The summed E-state index contributed by atoms with van der Waals surface area (Å²) < 4.78 is 17.3. The van der Waals surface area contributed by atoms with E-state index in [0.717, 1.165) is 12.1 Å². The molecule has 0 bridgehead atoms. The molecule has 0 aromatic heterocycles. The number of aliphatic hydroxyl groups is 1. The summed E-state index contributed by atoms with van der Waals surface area (Å²) in [7, 11) is 0. The number of benzene rings is 1. The van der Waals surface area contributed by atoms with E-state index in [1.807, 2.05) is 0 Å². The lowest BCUT2D eigenvalue weighted by Crippen LogP contribution is -2.16.